The number of allylic oxidation sites excluding steroid dienone is 2. The lowest BCUT2D eigenvalue weighted by Gasteiger charge is -2.05. The van der Waals surface area contributed by atoms with E-state index in [0.29, 0.717) is 0 Å². The molecule has 0 aliphatic heterocycles. The molecule has 8 nitrogen and oxygen atoms in total. The largest absolute Gasteiger partial charge is 0.510 e. The fourth-order valence-corrected chi connectivity index (χ4v) is 2.24. The Labute approximate surface area is 125 Å². The zero-order valence-corrected chi connectivity index (χ0v) is 12.5. The average molecular weight is 335 g/mol. The molecule has 0 heterocycles. The molecular weight excluding hydrogens is 324 g/mol. The Hall–Kier alpha value is -1.97. The van der Waals surface area contributed by atoms with Crippen LogP contribution < -0.4 is 0 Å². The number of aromatic hydroxyl groups is 1. The predicted octanol–water partition coefficient (Wildman–Crippen LogP) is 2.75. The number of phenolic OH excluding ortho intramolecular Hbond substituents is 1. The summed E-state index contributed by atoms with van der Waals surface area (Å²) in [7, 11) is -4.71. The summed E-state index contributed by atoms with van der Waals surface area (Å²) in [5, 5.41) is 25.7. The van der Waals surface area contributed by atoms with Crippen molar-refractivity contribution >= 4 is 33.2 Å². The van der Waals surface area contributed by atoms with Crippen LogP contribution in [0.3, 0.4) is 0 Å². The third-order valence-corrected chi connectivity index (χ3v) is 3.32. The van der Waals surface area contributed by atoms with Crippen LogP contribution in [0.2, 0.25) is 5.02 Å². The maximum atomic E-state index is 11.2. The first kappa shape index (κ1) is 17.1. The van der Waals surface area contributed by atoms with Crippen molar-refractivity contribution in [2.45, 2.75) is 18.7 Å². The zero-order valence-electron chi connectivity index (χ0n) is 10.9. The number of aliphatic hydroxyl groups is 1. The maximum absolute atomic E-state index is 11.2. The maximum Gasteiger partial charge on any atom is 0.298 e. The Morgan fingerprint density at radius 2 is 1.86 bits per heavy atom. The molecule has 114 valence electrons. The Bertz CT molecular complexity index is 750. The molecular formula is C11H11ClN2O6S. The number of carbonyl (C=O) groups is 1. The summed E-state index contributed by atoms with van der Waals surface area (Å²) in [4.78, 5) is 10.3. The predicted molar refractivity (Wildman–Crippen MR) is 73.5 cm³/mol. The molecule has 0 unspecified atom stereocenters. The summed E-state index contributed by atoms with van der Waals surface area (Å²) in [5.41, 5.74) is -0.766. The van der Waals surface area contributed by atoms with Crippen molar-refractivity contribution < 1.29 is 28.0 Å². The van der Waals surface area contributed by atoms with Crippen LogP contribution in [0.15, 0.2) is 38.7 Å². The highest BCUT2D eigenvalue weighted by Gasteiger charge is 2.20. The van der Waals surface area contributed by atoms with Crippen molar-refractivity contribution in [1.82, 2.24) is 0 Å². The van der Waals surface area contributed by atoms with Gasteiger partial charge < -0.3 is 10.2 Å². The molecule has 0 bridgehead atoms. The molecule has 1 aromatic rings. The first-order valence-electron chi connectivity index (χ1n) is 5.36. The molecule has 21 heavy (non-hydrogen) atoms. The zero-order chi connectivity index (χ0) is 16.4. The van der Waals surface area contributed by atoms with E-state index in [-0.39, 0.29) is 10.7 Å². The monoisotopic (exact) mass is 334 g/mol. The van der Waals surface area contributed by atoms with Crippen LogP contribution in [-0.2, 0) is 14.9 Å². The van der Waals surface area contributed by atoms with E-state index in [2.05, 4.69) is 10.2 Å². The standard InChI is InChI=1S/C11H11ClN2O6S/c1-5(15)10(6(2)16)14-13-8-3-7(12)4-9(11(8)17)21(18,19)20/h3-4,15,17H,1-2H3,(H,18,19,20). The number of Topliss-reactive ketones (excluding diaryl/α,β-unsaturated/α-hetero) is 1. The number of nitrogens with zero attached hydrogens (tertiary/aromatic N) is 2. The van der Waals surface area contributed by atoms with E-state index in [0.717, 1.165) is 19.1 Å². The normalized spacial score (nSPS) is 13.3. The molecule has 10 heteroatoms. The Kier molecular flexibility index (Phi) is 5.05. The van der Waals surface area contributed by atoms with E-state index in [1.54, 1.807) is 0 Å². The molecule has 0 aliphatic rings. The average Bonchev–Trinajstić information content (AvgIpc) is 2.30. The van der Waals surface area contributed by atoms with Crippen molar-refractivity contribution in [1.29, 1.82) is 0 Å². The van der Waals surface area contributed by atoms with E-state index in [1.807, 2.05) is 0 Å². The lowest BCUT2D eigenvalue weighted by Crippen LogP contribution is -1.99. The lowest BCUT2D eigenvalue weighted by atomic mass is 10.3. The summed E-state index contributed by atoms with van der Waals surface area (Å²) in [6.07, 6.45) is 0. The summed E-state index contributed by atoms with van der Waals surface area (Å²) >= 11 is 5.65. The van der Waals surface area contributed by atoms with Crippen molar-refractivity contribution in [3.8, 4) is 5.75 Å². The van der Waals surface area contributed by atoms with E-state index in [4.69, 9.17) is 16.2 Å². The Morgan fingerprint density at radius 3 is 2.29 bits per heavy atom. The minimum absolute atomic E-state index is 0.136. The van der Waals surface area contributed by atoms with Gasteiger partial charge >= 0.3 is 0 Å². The van der Waals surface area contributed by atoms with Crippen LogP contribution >= 0.6 is 11.6 Å². The molecule has 0 atom stereocenters. The summed E-state index contributed by atoms with van der Waals surface area (Å²) in [5.74, 6) is -1.87. The number of benzene rings is 1. The summed E-state index contributed by atoms with van der Waals surface area (Å²) in [6.45, 7) is 2.34. The summed E-state index contributed by atoms with van der Waals surface area (Å²) < 4.78 is 31.1. The van der Waals surface area contributed by atoms with Gasteiger partial charge in [0.25, 0.3) is 10.1 Å². The van der Waals surface area contributed by atoms with Gasteiger partial charge in [0.1, 0.15) is 16.3 Å². The van der Waals surface area contributed by atoms with Gasteiger partial charge in [-0.05, 0) is 19.1 Å². The lowest BCUT2D eigenvalue weighted by molar-refractivity contribution is -0.113. The fraction of sp³-hybridized carbons (Fsp3) is 0.182. The van der Waals surface area contributed by atoms with Gasteiger partial charge in [-0.25, -0.2) is 0 Å². The van der Waals surface area contributed by atoms with E-state index in [9.17, 15) is 23.4 Å². The molecule has 0 saturated heterocycles. The van der Waals surface area contributed by atoms with Crippen molar-refractivity contribution in [3.05, 3.63) is 28.6 Å². The molecule has 0 amide bonds. The van der Waals surface area contributed by atoms with Gasteiger partial charge in [-0.3, -0.25) is 9.35 Å². The number of ketones is 1. The highest BCUT2D eigenvalue weighted by Crippen LogP contribution is 2.37. The first-order chi connectivity index (χ1) is 9.54. The van der Waals surface area contributed by atoms with E-state index in [1.165, 1.54) is 6.92 Å². The Morgan fingerprint density at radius 1 is 1.29 bits per heavy atom. The minimum atomic E-state index is -4.71. The Balaban J connectivity index is 3.44. The second kappa shape index (κ2) is 6.20. The van der Waals surface area contributed by atoms with Gasteiger partial charge in [0.15, 0.2) is 17.2 Å². The fourth-order valence-electron chi connectivity index (χ4n) is 1.33. The van der Waals surface area contributed by atoms with Crippen molar-refractivity contribution in [2.24, 2.45) is 10.2 Å². The third-order valence-electron chi connectivity index (χ3n) is 2.23. The quantitative estimate of drug-likeness (QED) is 0.335. The molecule has 0 saturated carbocycles. The van der Waals surface area contributed by atoms with Crippen LogP contribution in [0, 0.1) is 0 Å². The second-order valence-electron chi connectivity index (χ2n) is 3.94. The number of halogens is 1. The number of phenols is 1. The molecule has 3 N–H and O–H groups in total. The smallest absolute Gasteiger partial charge is 0.298 e. The van der Waals surface area contributed by atoms with Gasteiger partial charge in [0.2, 0.25) is 0 Å². The number of azo groups is 1. The molecule has 0 radical (unpaired) electrons. The SMILES string of the molecule is CC(=O)C(N=Nc1cc(Cl)cc(S(=O)(=O)O)c1O)=C(C)O. The van der Waals surface area contributed by atoms with Gasteiger partial charge in [0, 0.05) is 11.9 Å². The first-order valence-corrected chi connectivity index (χ1v) is 7.18. The van der Waals surface area contributed by atoms with Gasteiger partial charge in [-0.2, -0.15) is 8.42 Å². The van der Waals surface area contributed by atoms with Crippen molar-refractivity contribution in [2.75, 3.05) is 0 Å². The highest BCUT2D eigenvalue weighted by molar-refractivity contribution is 7.86. The van der Waals surface area contributed by atoms with Gasteiger partial charge in [0.05, 0.1) is 0 Å². The van der Waals surface area contributed by atoms with E-state index >= 15 is 0 Å². The van der Waals surface area contributed by atoms with Crippen LogP contribution in [0.5, 0.6) is 5.75 Å². The van der Waals surface area contributed by atoms with Crippen LogP contribution in [-0.4, -0.2) is 29.0 Å². The molecule has 1 rings (SSSR count). The van der Waals surface area contributed by atoms with Crippen LogP contribution in [0.25, 0.3) is 0 Å². The van der Waals surface area contributed by atoms with Crippen LogP contribution in [0.4, 0.5) is 5.69 Å². The van der Waals surface area contributed by atoms with Gasteiger partial charge in [-0.1, -0.05) is 11.6 Å². The number of hydrogen-bond donors (Lipinski definition) is 3. The van der Waals surface area contributed by atoms with Gasteiger partial charge in [-0.15, -0.1) is 10.2 Å². The number of hydrogen-bond acceptors (Lipinski definition) is 7. The van der Waals surface area contributed by atoms with Crippen LogP contribution in [0.1, 0.15) is 13.8 Å². The molecule has 1 aromatic carbocycles. The topological polar surface area (TPSA) is 137 Å². The number of aliphatic hydroxyl groups excluding tert-OH is 1. The molecule has 0 aliphatic carbocycles. The molecule has 0 fully saturated rings. The molecule has 0 spiro atoms. The minimum Gasteiger partial charge on any atom is -0.510 e. The third kappa shape index (κ3) is 4.25. The van der Waals surface area contributed by atoms with Crippen molar-refractivity contribution in [3.63, 3.8) is 0 Å². The summed E-state index contributed by atoms with van der Waals surface area (Å²) in [6, 6.07) is 1.89. The van der Waals surface area contributed by atoms with E-state index < -0.39 is 38.0 Å². The molecule has 0 aromatic heterocycles. The highest BCUT2D eigenvalue weighted by atomic mass is 35.5. The second-order valence-corrected chi connectivity index (χ2v) is 5.76. The number of rotatable bonds is 4. The number of carbonyl (C=O) groups excluding carboxylic acids is 1.